The normalized spacial score (nSPS) is 11.0. The molecule has 0 aromatic heterocycles. The van der Waals surface area contributed by atoms with Crippen LogP contribution in [0.15, 0.2) is 42.5 Å². The lowest BCUT2D eigenvalue weighted by molar-refractivity contribution is 0.0770. The van der Waals surface area contributed by atoms with Crippen molar-refractivity contribution in [2.75, 3.05) is 20.3 Å². The number of nitrogens with one attached hydrogen (secondary N) is 1. The van der Waals surface area contributed by atoms with Crippen LogP contribution in [0.25, 0.3) is 0 Å². The van der Waals surface area contributed by atoms with E-state index in [0.717, 1.165) is 42.2 Å². The largest absolute Gasteiger partial charge is 0.493 e. The van der Waals surface area contributed by atoms with Crippen LogP contribution in [-0.4, -0.2) is 26.4 Å². The van der Waals surface area contributed by atoms with E-state index in [1.54, 1.807) is 7.11 Å². The highest BCUT2D eigenvalue weighted by molar-refractivity contribution is 6.30. The fraction of sp³-hybridized carbons (Fsp3) is 0.429. The molecule has 0 saturated heterocycles. The molecule has 0 aliphatic carbocycles. The summed E-state index contributed by atoms with van der Waals surface area (Å²) < 4.78 is 17.1. The number of hydrogen-bond acceptors (Lipinski definition) is 4. The maximum Gasteiger partial charge on any atom is 0.166 e. The van der Waals surface area contributed by atoms with E-state index >= 15 is 0 Å². The van der Waals surface area contributed by atoms with E-state index < -0.39 is 0 Å². The zero-order valence-corrected chi connectivity index (χ0v) is 16.5. The minimum atomic E-state index is 0.278. The van der Waals surface area contributed by atoms with Crippen molar-refractivity contribution in [3.8, 4) is 11.5 Å². The molecule has 5 heteroatoms. The Balaban J connectivity index is 1.93. The summed E-state index contributed by atoms with van der Waals surface area (Å²) in [5.74, 6) is 1.50. The second-order valence-electron chi connectivity index (χ2n) is 6.32. The van der Waals surface area contributed by atoms with Crippen LogP contribution in [0.2, 0.25) is 5.02 Å². The van der Waals surface area contributed by atoms with Crippen molar-refractivity contribution >= 4 is 11.6 Å². The highest BCUT2D eigenvalue weighted by Crippen LogP contribution is 2.32. The monoisotopic (exact) mass is 377 g/mol. The third-order valence-electron chi connectivity index (χ3n) is 3.82. The van der Waals surface area contributed by atoms with Gasteiger partial charge in [-0.2, -0.15) is 0 Å². The van der Waals surface area contributed by atoms with Gasteiger partial charge in [-0.3, -0.25) is 0 Å². The highest BCUT2D eigenvalue weighted by Gasteiger charge is 2.11. The first-order valence-corrected chi connectivity index (χ1v) is 9.33. The zero-order valence-electron chi connectivity index (χ0n) is 15.8. The van der Waals surface area contributed by atoms with Crippen LogP contribution in [0.3, 0.4) is 0 Å². The molecule has 0 aliphatic heterocycles. The van der Waals surface area contributed by atoms with Gasteiger partial charge in [-0.25, -0.2) is 0 Å². The van der Waals surface area contributed by atoms with Gasteiger partial charge < -0.3 is 19.5 Å². The molecule has 2 aromatic carbocycles. The van der Waals surface area contributed by atoms with Gasteiger partial charge in [-0.15, -0.1) is 0 Å². The Kier molecular flexibility index (Phi) is 8.75. The summed E-state index contributed by atoms with van der Waals surface area (Å²) in [5.41, 5.74) is 2.09. The fourth-order valence-corrected chi connectivity index (χ4v) is 2.76. The van der Waals surface area contributed by atoms with Crippen molar-refractivity contribution in [1.82, 2.24) is 5.32 Å². The average molecular weight is 378 g/mol. The van der Waals surface area contributed by atoms with E-state index in [9.17, 15) is 0 Å². The Labute approximate surface area is 161 Å². The summed E-state index contributed by atoms with van der Waals surface area (Å²) in [6.07, 6.45) is 1.25. The Hall–Kier alpha value is -1.75. The van der Waals surface area contributed by atoms with E-state index in [1.165, 1.54) is 0 Å². The average Bonchev–Trinajstić information content (AvgIpc) is 2.63. The van der Waals surface area contributed by atoms with E-state index in [4.69, 9.17) is 25.8 Å². The number of rotatable bonds is 11. The van der Waals surface area contributed by atoms with Crippen LogP contribution >= 0.6 is 11.6 Å². The van der Waals surface area contributed by atoms with E-state index in [0.29, 0.717) is 18.2 Å². The van der Waals surface area contributed by atoms with E-state index in [-0.39, 0.29) is 6.10 Å². The summed E-state index contributed by atoms with van der Waals surface area (Å²) in [6.45, 7) is 6.90. The molecule has 0 radical (unpaired) electrons. The molecular weight excluding hydrogens is 350 g/mol. The van der Waals surface area contributed by atoms with E-state index in [2.05, 4.69) is 5.32 Å². The number of ether oxygens (including phenoxy) is 3. The maximum absolute atomic E-state index is 6.06. The molecule has 0 atom stereocenters. The third-order valence-corrected chi connectivity index (χ3v) is 4.05. The first-order valence-electron chi connectivity index (χ1n) is 8.95. The zero-order chi connectivity index (χ0) is 18.8. The lowest BCUT2D eigenvalue weighted by atomic mass is 10.1. The predicted octanol–water partition coefficient (Wildman–Crippen LogP) is 4.83. The first kappa shape index (κ1) is 20.6. The van der Waals surface area contributed by atoms with Crippen LogP contribution in [0.1, 0.15) is 31.4 Å². The molecular formula is C21H28ClNO3. The summed E-state index contributed by atoms with van der Waals surface area (Å²) in [4.78, 5) is 0. The summed E-state index contributed by atoms with van der Waals surface area (Å²) >= 11 is 6.05. The van der Waals surface area contributed by atoms with Crippen LogP contribution < -0.4 is 14.8 Å². The van der Waals surface area contributed by atoms with Gasteiger partial charge >= 0.3 is 0 Å². The SMILES string of the molecule is COc1cccc(CNCCCOC(C)C)c1OCc1cccc(Cl)c1. The van der Waals surface area contributed by atoms with Gasteiger partial charge in [0.1, 0.15) is 6.61 Å². The van der Waals surface area contributed by atoms with Crippen molar-refractivity contribution in [3.05, 3.63) is 58.6 Å². The molecule has 26 heavy (non-hydrogen) atoms. The smallest absolute Gasteiger partial charge is 0.166 e. The molecule has 0 unspecified atom stereocenters. The molecule has 0 fully saturated rings. The number of methoxy groups -OCH3 is 1. The molecule has 4 nitrogen and oxygen atoms in total. The van der Waals surface area contributed by atoms with Gasteiger partial charge in [0, 0.05) is 23.7 Å². The predicted molar refractivity (Wildman–Crippen MR) is 106 cm³/mol. The van der Waals surface area contributed by atoms with Crippen LogP contribution in [-0.2, 0) is 17.9 Å². The fourth-order valence-electron chi connectivity index (χ4n) is 2.55. The minimum Gasteiger partial charge on any atom is -0.493 e. The Morgan fingerprint density at radius 3 is 2.65 bits per heavy atom. The van der Waals surface area contributed by atoms with Gasteiger partial charge in [0.05, 0.1) is 13.2 Å². The molecule has 0 spiro atoms. The Morgan fingerprint density at radius 1 is 1.12 bits per heavy atom. The number of para-hydroxylation sites is 1. The topological polar surface area (TPSA) is 39.7 Å². The summed E-state index contributed by atoms with van der Waals surface area (Å²) in [7, 11) is 1.65. The molecule has 2 aromatic rings. The third kappa shape index (κ3) is 6.87. The Bertz CT molecular complexity index is 676. The number of benzene rings is 2. The van der Waals surface area contributed by atoms with Crippen molar-refractivity contribution in [2.45, 2.75) is 39.5 Å². The van der Waals surface area contributed by atoms with Crippen LogP contribution in [0.5, 0.6) is 11.5 Å². The highest BCUT2D eigenvalue weighted by atomic mass is 35.5. The molecule has 0 bridgehead atoms. The number of halogens is 1. The summed E-state index contributed by atoms with van der Waals surface area (Å²) in [5, 5.41) is 4.14. The van der Waals surface area contributed by atoms with Crippen LogP contribution in [0, 0.1) is 0 Å². The van der Waals surface area contributed by atoms with Crippen molar-refractivity contribution in [3.63, 3.8) is 0 Å². The van der Waals surface area contributed by atoms with E-state index in [1.807, 2.05) is 56.3 Å². The molecule has 0 saturated carbocycles. The maximum atomic E-state index is 6.06. The molecule has 0 amide bonds. The van der Waals surface area contributed by atoms with Gasteiger partial charge in [-0.05, 0) is 50.6 Å². The standard InChI is InChI=1S/C21H28ClNO3/c1-16(2)25-12-6-11-23-14-18-8-5-10-20(24-3)21(18)26-15-17-7-4-9-19(22)13-17/h4-5,7-10,13,16,23H,6,11-12,14-15H2,1-3H3. The van der Waals surface area contributed by atoms with Gasteiger partial charge in [0.25, 0.3) is 0 Å². The van der Waals surface area contributed by atoms with Crippen molar-refractivity contribution < 1.29 is 14.2 Å². The second-order valence-corrected chi connectivity index (χ2v) is 6.75. The Morgan fingerprint density at radius 2 is 1.92 bits per heavy atom. The molecule has 1 N–H and O–H groups in total. The number of hydrogen-bond donors (Lipinski definition) is 1. The van der Waals surface area contributed by atoms with Crippen molar-refractivity contribution in [1.29, 1.82) is 0 Å². The molecule has 2 rings (SSSR count). The van der Waals surface area contributed by atoms with Gasteiger partial charge in [0.2, 0.25) is 0 Å². The molecule has 0 aliphatic rings. The first-order chi connectivity index (χ1) is 12.6. The minimum absolute atomic E-state index is 0.278. The quantitative estimate of drug-likeness (QED) is 0.569. The lowest BCUT2D eigenvalue weighted by Gasteiger charge is -2.16. The van der Waals surface area contributed by atoms with Gasteiger partial charge in [-0.1, -0.05) is 35.9 Å². The van der Waals surface area contributed by atoms with Crippen molar-refractivity contribution in [2.24, 2.45) is 0 Å². The summed E-state index contributed by atoms with van der Waals surface area (Å²) in [6, 6.07) is 13.6. The lowest BCUT2D eigenvalue weighted by Crippen LogP contribution is -2.18. The van der Waals surface area contributed by atoms with Gasteiger partial charge in [0.15, 0.2) is 11.5 Å². The second kappa shape index (κ2) is 11.1. The van der Waals surface area contributed by atoms with Crippen LogP contribution in [0.4, 0.5) is 0 Å². The molecule has 0 heterocycles. The molecule has 142 valence electrons.